The Morgan fingerprint density at radius 3 is 2.60 bits per heavy atom. The summed E-state index contributed by atoms with van der Waals surface area (Å²) < 4.78 is 11.1. The Morgan fingerprint density at radius 2 is 1.90 bits per heavy atom. The van der Waals surface area contributed by atoms with E-state index in [1.54, 1.807) is 36.4 Å². The molecule has 6 heteroatoms. The van der Waals surface area contributed by atoms with Crippen LogP contribution in [0.2, 0.25) is 0 Å². The van der Waals surface area contributed by atoms with Gasteiger partial charge in [-0.05, 0) is 50.2 Å². The van der Waals surface area contributed by atoms with Crippen molar-refractivity contribution in [1.82, 2.24) is 9.97 Å². The summed E-state index contributed by atoms with van der Waals surface area (Å²) in [5, 5.41) is 9.57. The van der Waals surface area contributed by atoms with Gasteiger partial charge in [0.15, 0.2) is 0 Å². The standard InChI is InChI=1S/C24H19N3O3/c1-15(2)29-24(28)17-9-7-16(8-10-17)22-12-11-19(30-22)13-18(14-25)23-26-20-5-3-4-6-21(20)27-23/h3-13,15H,1-2H3,(H,26,27)/b18-13+. The van der Waals surface area contributed by atoms with Crippen LogP contribution in [0.4, 0.5) is 0 Å². The molecule has 6 nitrogen and oxygen atoms in total. The van der Waals surface area contributed by atoms with E-state index in [4.69, 9.17) is 9.15 Å². The smallest absolute Gasteiger partial charge is 0.338 e. The van der Waals surface area contributed by atoms with E-state index in [-0.39, 0.29) is 12.1 Å². The van der Waals surface area contributed by atoms with E-state index in [0.717, 1.165) is 16.6 Å². The Hall–Kier alpha value is -4.11. The van der Waals surface area contributed by atoms with Crippen molar-refractivity contribution in [3.63, 3.8) is 0 Å². The molecule has 148 valence electrons. The van der Waals surface area contributed by atoms with Gasteiger partial charge in [0.2, 0.25) is 0 Å². The number of carbonyl (C=O) groups excluding carboxylic acids is 1. The van der Waals surface area contributed by atoms with Crippen molar-refractivity contribution in [3.8, 4) is 17.4 Å². The molecule has 0 amide bonds. The maximum atomic E-state index is 12.0. The molecule has 2 aromatic heterocycles. The number of fused-ring (bicyclic) bond motifs is 1. The van der Waals surface area contributed by atoms with E-state index >= 15 is 0 Å². The zero-order valence-electron chi connectivity index (χ0n) is 16.5. The van der Waals surface area contributed by atoms with Gasteiger partial charge >= 0.3 is 5.97 Å². The SMILES string of the molecule is CC(C)OC(=O)c1ccc(-c2ccc(/C=C(\C#N)c3nc4ccccc4[nH]3)o2)cc1. The molecule has 30 heavy (non-hydrogen) atoms. The van der Waals surface area contributed by atoms with E-state index in [0.29, 0.717) is 28.5 Å². The lowest BCUT2D eigenvalue weighted by molar-refractivity contribution is 0.0378. The number of nitrogens with zero attached hydrogens (tertiary/aromatic N) is 2. The van der Waals surface area contributed by atoms with Crippen LogP contribution in [0.25, 0.3) is 34.0 Å². The highest BCUT2D eigenvalue weighted by Gasteiger charge is 2.12. The van der Waals surface area contributed by atoms with Crippen molar-refractivity contribution in [1.29, 1.82) is 5.26 Å². The molecule has 0 spiro atoms. The number of aromatic amines is 1. The number of carbonyl (C=O) groups is 1. The molecule has 0 atom stereocenters. The number of nitriles is 1. The minimum Gasteiger partial charge on any atom is -0.459 e. The summed E-state index contributed by atoms with van der Waals surface area (Å²) >= 11 is 0. The molecule has 0 saturated carbocycles. The van der Waals surface area contributed by atoms with Crippen LogP contribution in [0.15, 0.2) is 65.1 Å². The van der Waals surface area contributed by atoms with Gasteiger partial charge < -0.3 is 14.1 Å². The second kappa shape index (κ2) is 8.10. The first-order chi connectivity index (χ1) is 14.5. The van der Waals surface area contributed by atoms with E-state index in [1.807, 2.05) is 44.2 Å². The number of furan rings is 1. The number of nitrogens with one attached hydrogen (secondary N) is 1. The quantitative estimate of drug-likeness (QED) is 0.357. The fourth-order valence-corrected chi connectivity index (χ4v) is 3.01. The maximum Gasteiger partial charge on any atom is 0.338 e. The van der Waals surface area contributed by atoms with Gasteiger partial charge in [0.25, 0.3) is 0 Å². The summed E-state index contributed by atoms with van der Waals surface area (Å²) in [6.45, 7) is 3.62. The number of imidazole rings is 1. The predicted molar refractivity (Wildman–Crippen MR) is 114 cm³/mol. The van der Waals surface area contributed by atoms with E-state index in [2.05, 4.69) is 16.0 Å². The van der Waals surface area contributed by atoms with Crippen LogP contribution in [0, 0.1) is 11.3 Å². The van der Waals surface area contributed by atoms with Crippen molar-refractivity contribution in [2.45, 2.75) is 20.0 Å². The van der Waals surface area contributed by atoms with Gasteiger partial charge in [-0.3, -0.25) is 0 Å². The molecule has 0 aliphatic heterocycles. The highest BCUT2D eigenvalue weighted by Crippen LogP contribution is 2.26. The summed E-state index contributed by atoms with van der Waals surface area (Å²) in [6, 6.07) is 20.4. The molecular weight excluding hydrogens is 378 g/mol. The average Bonchev–Trinajstić information content (AvgIpc) is 3.38. The topological polar surface area (TPSA) is 91.9 Å². The van der Waals surface area contributed by atoms with Gasteiger partial charge in [-0.1, -0.05) is 24.3 Å². The van der Waals surface area contributed by atoms with Crippen LogP contribution < -0.4 is 0 Å². The molecule has 1 N–H and O–H groups in total. The molecule has 0 aliphatic rings. The third kappa shape index (κ3) is 4.01. The fraction of sp³-hybridized carbons (Fsp3) is 0.125. The number of H-pyrrole nitrogens is 1. The monoisotopic (exact) mass is 397 g/mol. The maximum absolute atomic E-state index is 12.0. The molecule has 2 aromatic carbocycles. The van der Waals surface area contributed by atoms with Crippen LogP contribution in [-0.2, 0) is 4.74 Å². The normalized spacial score (nSPS) is 11.6. The molecule has 2 heterocycles. The average molecular weight is 397 g/mol. The second-order valence-electron chi connectivity index (χ2n) is 7.01. The van der Waals surface area contributed by atoms with Crippen LogP contribution in [0.1, 0.15) is 35.8 Å². The van der Waals surface area contributed by atoms with Gasteiger partial charge in [-0.25, -0.2) is 9.78 Å². The van der Waals surface area contributed by atoms with Crippen LogP contribution in [0.5, 0.6) is 0 Å². The first-order valence-corrected chi connectivity index (χ1v) is 9.51. The Bertz CT molecular complexity index is 1240. The first-order valence-electron chi connectivity index (χ1n) is 9.51. The molecule has 4 aromatic rings. The Kier molecular flexibility index (Phi) is 5.19. The third-order valence-electron chi connectivity index (χ3n) is 4.43. The summed E-state index contributed by atoms with van der Waals surface area (Å²) in [4.78, 5) is 19.6. The minimum absolute atomic E-state index is 0.169. The number of esters is 1. The molecule has 0 bridgehead atoms. The zero-order chi connectivity index (χ0) is 21.1. The molecular formula is C24H19N3O3. The lowest BCUT2D eigenvalue weighted by atomic mass is 10.1. The Labute approximate surface area is 173 Å². The highest BCUT2D eigenvalue weighted by molar-refractivity contribution is 5.91. The number of benzene rings is 2. The number of para-hydroxylation sites is 2. The predicted octanol–water partition coefficient (Wildman–Crippen LogP) is 5.45. The summed E-state index contributed by atoms with van der Waals surface area (Å²) in [5.41, 5.74) is 3.34. The Balaban J connectivity index is 1.57. The van der Waals surface area contributed by atoms with Crippen LogP contribution in [-0.4, -0.2) is 22.0 Å². The van der Waals surface area contributed by atoms with Gasteiger partial charge in [-0.15, -0.1) is 0 Å². The largest absolute Gasteiger partial charge is 0.459 e. The molecule has 0 radical (unpaired) electrons. The van der Waals surface area contributed by atoms with Gasteiger partial charge in [-0.2, -0.15) is 5.26 Å². The van der Waals surface area contributed by atoms with E-state index in [9.17, 15) is 10.1 Å². The van der Waals surface area contributed by atoms with E-state index in [1.165, 1.54) is 0 Å². The Morgan fingerprint density at radius 1 is 1.13 bits per heavy atom. The number of hydrogen-bond acceptors (Lipinski definition) is 5. The van der Waals surface area contributed by atoms with Crippen molar-refractivity contribution in [3.05, 3.63) is 77.8 Å². The molecule has 0 unspecified atom stereocenters. The summed E-state index contributed by atoms with van der Waals surface area (Å²) in [5.74, 6) is 1.30. The van der Waals surface area contributed by atoms with Crippen molar-refractivity contribution < 1.29 is 13.9 Å². The third-order valence-corrected chi connectivity index (χ3v) is 4.43. The summed E-state index contributed by atoms with van der Waals surface area (Å²) in [7, 11) is 0. The van der Waals surface area contributed by atoms with Crippen molar-refractivity contribution in [2.24, 2.45) is 0 Å². The lowest BCUT2D eigenvalue weighted by Crippen LogP contribution is -2.11. The number of rotatable bonds is 5. The number of aromatic nitrogens is 2. The number of ether oxygens (including phenoxy) is 1. The molecule has 4 rings (SSSR count). The molecule has 0 aliphatic carbocycles. The van der Waals surface area contributed by atoms with Crippen molar-refractivity contribution in [2.75, 3.05) is 0 Å². The fourth-order valence-electron chi connectivity index (χ4n) is 3.01. The highest BCUT2D eigenvalue weighted by atomic mass is 16.5. The van der Waals surface area contributed by atoms with Gasteiger partial charge in [0.05, 0.1) is 28.3 Å². The molecule has 0 fully saturated rings. The van der Waals surface area contributed by atoms with Gasteiger partial charge in [0.1, 0.15) is 23.4 Å². The van der Waals surface area contributed by atoms with Crippen molar-refractivity contribution >= 4 is 28.7 Å². The second-order valence-corrected chi connectivity index (χ2v) is 7.01. The zero-order valence-corrected chi connectivity index (χ0v) is 16.5. The molecule has 0 saturated heterocycles. The number of hydrogen-bond donors (Lipinski definition) is 1. The minimum atomic E-state index is -0.357. The summed E-state index contributed by atoms with van der Waals surface area (Å²) in [6.07, 6.45) is 1.48. The lowest BCUT2D eigenvalue weighted by Gasteiger charge is -2.07. The number of allylic oxidation sites excluding steroid dienone is 1. The van der Waals surface area contributed by atoms with Gasteiger partial charge in [0, 0.05) is 11.6 Å². The van der Waals surface area contributed by atoms with Crippen LogP contribution in [0.3, 0.4) is 0 Å². The first kappa shape index (κ1) is 19.2. The van der Waals surface area contributed by atoms with E-state index < -0.39 is 0 Å². The van der Waals surface area contributed by atoms with Crippen LogP contribution >= 0.6 is 0 Å².